The third-order valence-corrected chi connectivity index (χ3v) is 5.74. The van der Waals surface area contributed by atoms with Crippen LogP contribution in [-0.2, 0) is 9.59 Å². The summed E-state index contributed by atoms with van der Waals surface area (Å²) in [6.45, 7) is 3.84. The summed E-state index contributed by atoms with van der Waals surface area (Å²) in [5.74, 6) is -0.0189. The number of amides is 2. The number of rotatable bonds is 6. The van der Waals surface area contributed by atoms with Crippen molar-refractivity contribution in [2.24, 2.45) is 0 Å². The van der Waals surface area contributed by atoms with Crippen molar-refractivity contribution in [1.82, 2.24) is 0 Å². The molecule has 0 spiro atoms. The standard InChI is InChI=1S/C26H23ClN2O4/c1-15-5-7-17(8-6-15)23-24(28-20-11-9-18(27)13-16(20)2)26(31)29(25(23)30)21-12-10-19(32-3)14-22(21)33-4/h5-14,28H,1-4H3. The van der Waals surface area contributed by atoms with E-state index < -0.39 is 11.8 Å². The Hall–Kier alpha value is -3.77. The second-order valence-corrected chi connectivity index (χ2v) is 8.12. The van der Waals surface area contributed by atoms with Crippen LogP contribution in [0, 0.1) is 13.8 Å². The number of hydrogen-bond donors (Lipinski definition) is 1. The number of benzene rings is 3. The highest BCUT2D eigenvalue weighted by Gasteiger charge is 2.41. The number of carbonyl (C=O) groups is 2. The maximum atomic E-state index is 13.7. The van der Waals surface area contributed by atoms with Crippen LogP contribution < -0.4 is 19.7 Å². The Morgan fingerprint density at radius 1 is 0.848 bits per heavy atom. The zero-order valence-corrected chi connectivity index (χ0v) is 19.5. The quantitative estimate of drug-likeness (QED) is 0.499. The minimum Gasteiger partial charge on any atom is -0.497 e. The van der Waals surface area contributed by atoms with Gasteiger partial charge in [-0.25, -0.2) is 4.90 Å². The number of ether oxygens (including phenoxy) is 2. The molecule has 0 aliphatic carbocycles. The molecule has 2 amide bonds. The summed E-state index contributed by atoms with van der Waals surface area (Å²) in [5.41, 5.74) is 4.03. The van der Waals surface area contributed by atoms with E-state index in [-0.39, 0.29) is 11.3 Å². The highest BCUT2D eigenvalue weighted by Crippen LogP contribution is 2.39. The van der Waals surface area contributed by atoms with Gasteiger partial charge in [0.05, 0.1) is 25.5 Å². The van der Waals surface area contributed by atoms with Gasteiger partial charge < -0.3 is 14.8 Å². The van der Waals surface area contributed by atoms with Crippen molar-refractivity contribution in [3.63, 3.8) is 0 Å². The normalized spacial score (nSPS) is 13.5. The summed E-state index contributed by atoms with van der Waals surface area (Å²) in [7, 11) is 3.02. The molecule has 0 unspecified atom stereocenters. The molecule has 0 saturated heterocycles. The summed E-state index contributed by atoms with van der Waals surface area (Å²) in [6, 6.07) is 17.7. The number of imide groups is 1. The maximum Gasteiger partial charge on any atom is 0.282 e. The Labute approximate surface area is 197 Å². The van der Waals surface area contributed by atoms with Crippen molar-refractivity contribution < 1.29 is 19.1 Å². The van der Waals surface area contributed by atoms with E-state index in [2.05, 4.69) is 5.32 Å². The van der Waals surface area contributed by atoms with Crippen LogP contribution in [0.25, 0.3) is 5.57 Å². The SMILES string of the molecule is COc1ccc(N2C(=O)C(Nc3ccc(Cl)cc3C)=C(c3ccc(C)cc3)C2=O)c(OC)c1. The van der Waals surface area contributed by atoms with Crippen LogP contribution in [-0.4, -0.2) is 26.0 Å². The van der Waals surface area contributed by atoms with Gasteiger partial charge >= 0.3 is 0 Å². The maximum absolute atomic E-state index is 13.7. The van der Waals surface area contributed by atoms with Gasteiger partial charge in [-0.15, -0.1) is 0 Å². The summed E-state index contributed by atoms with van der Waals surface area (Å²) in [6.07, 6.45) is 0. The molecule has 0 saturated carbocycles. The second-order valence-electron chi connectivity index (χ2n) is 7.68. The largest absolute Gasteiger partial charge is 0.497 e. The van der Waals surface area contributed by atoms with E-state index in [4.69, 9.17) is 21.1 Å². The molecule has 4 rings (SSSR count). The lowest BCUT2D eigenvalue weighted by Gasteiger charge is -2.19. The van der Waals surface area contributed by atoms with Gasteiger partial charge in [-0.2, -0.15) is 0 Å². The van der Waals surface area contributed by atoms with Crippen molar-refractivity contribution >= 4 is 40.4 Å². The first-order valence-corrected chi connectivity index (χ1v) is 10.7. The van der Waals surface area contributed by atoms with Crippen LogP contribution in [0.4, 0.5) is 11.4 Å². The van der Waals surface area contributed by atoms with Gasteiger partial charge in [-0.3, -0.25) is 9.59 Å². The summed E-state index contributed by atoms with van der Waals surface area (Å²) in [4.78, 5) is 28.4. The van der Waals surface area contributed by atoms with E-state index in [9.17, 15) is 9.59 Å². The fourth-order valence-corrected chi connectivity index (χ4v) is 3.95. The number of methoxy groups -OCH3 is 2. The minimum absolute atomic E-state index is 0.187. The van der Waals surface area contributed by atoms with Crippen molar-refractivity contribution in [2.75, 3.05) is 24.4 Å². The lowest BCUT2D eigenvalue weighted by molar-refractivity contribution is -0.120. The lowest BCUT2D eigenvalue weighted by atomic mass is 10.0. The molecule has 168 valence electrons. The third-order valence-electron chi connectivity index (χ3n) is 5.50. The average Bonchev–Trinajstić information content (AvgIpc) is 3.05. The molecule has 0 atom stereocenters. The first-order chi connectivity index (χ1) is 15.8. The van der Waals surface area contributed by atoms with Crippen molar-refractivity contribution in [1.29, 1.82) is 0 Å². The Bertz CT molecular complexity index is 1280. The molecule has 7 heteroatoms. The molecule has 6 nitrogen and oxygen atoms in total. The Morgan fingerprint density at radius 3 is 2.21 bits per heavy atom. The molecule has 0 aromatic heterocycles. The Morgan fingerprint density at radius 2 is 1.58 bits per heavy atom. The van der Waals surface area contributed by atoms with Crippen LogP contribution >= 0.6 is 11.6 Å². The smallest absolute Gasteiger partial charge is 0.282 e. The van der Waals surface area contributed by atoms with E-state index in [0.29, 0.717) is 33.5 Å². The van der Waals surface area contributed by atoms with Gasteiger partial charge in [-0.1, -0.05) is 41.4 Å². The van der Waals surface area contributed by atoms with E-state index in [1.807, 2.05) is 38.1 Å². The van der Waals surface area contributed by atoms with Crippen LogP contribution in [0.5, 0.6) is 11.5 Å². The number of hydrogen-bond acceptors (Lipinski definition) is 5. The Balaban J connectivity index is 1.85. The average molecular weight is 463 g/mol. The fourth-order valence-electron chi connectivity index (χ4n) is 3.72. The molecule has 0 radical (unpaired) electrons. The lowest BCUT2D eigenvalue weighted by Crippen LogP contribution is -2.32. The van der Waals surface area contributed by atoms with E-state index in [0.717, 1.165) is 16.0 Å². The molecule has 3 aromatic carbocycles. The van der Waals surface area contributed by atoms with Gasteiger partial charge in [0.1, 0.15) is 17.2 Å². The molecule has 1 heterocycles. The van der Waals surface area contributed by atoms with Gasteiger partial charge in [0.25, 0.3) is 11.8 Å². The van der Waals surface area contributed by atoms with E-state index in [1.165, 1.54) is 14.2 Å². The van der Waals surface area contributed by atoms with Gasteiger partial charge in [0, 0.05) is 16.8 Å². The molecule has 3 aromatic rings. The number of nitrogens with one attached hydrogen (secondary N) is 1. The second kappa shape index (κ2) is 9.00. The monoisotopic (exact) mass is 462 g/mol. The minimum atomic E-state index is -0.478. The summed E-state index contributed by atoms with van der Waals surface area (Å²) >= 11 is 6.09. The predicted molar refractivity (Wildman–Crippen MR) is 130 cm³/mol. The van der Waals surface area contributed by atoms with Gasteiger partial charge in [0.15, 0.2) is 0 Å². The first kappa shape index (κ1) is 22.4. The van der Waals surface area contributed by atoms with Crippen LogP contribution in [0.15, 0.2) is 66.4 Å². The number of nitrogens with zero attached hydrogens (tertiary/aromatic N) is 1. The highest BCUT2D eigenvalue weighted by atomic mass is 35.5. The summed E-state index contributed by atoms with van der Waals surface area (Å²) < 4.78 is 10.7. The van der Waals surface area contributed by atoms with Crippen molar-refractivity contribution in [3.8, 4) is 11.5 Å². The molecule has 1 aliphatic heterocycles. The summed E-state index contributed by atoms with van der Waals surface area (Å²) in [5, 5.41) is 3.77. The molecule has 0 bridgehead atoms. The zero-order chi connectivity index (χ0) is 23.7. The van der Waals surface area contributed by atoms with Gasteiger partial charge in [-0.05, 0) is 55.3 Å². The Kier molecular flexibility index (Phi) is 6.11. The molecule has 1 N–H and O–H groups in total. The first-order valence-electron chi connectivity index (χ1n) is 10.3. The van der Waals surface area contributed by atoms with Crippen LogP contribution in [0.2, 0.25) is 5.02 Å². The molecule has 33 heavy (non-hydrogen) atoms. The molecule has 1 aliphatic rings. The van der Waals surface area contributed by atoms with Crippen LogP contribution in [0.1, 0.15) is 16.7 Å². The molecular weight excluding hydrogens is 440 g/mol. The highest BCUT2D eigenvalue weighted by molar-refractivity contribution is 6.46. The third kappa shape index (κ3) is 4.17. The fraction of sp³-hybridized carbons (Fsp3) is 0.154. The number of anilines is 2. The number of aryl methyl sites for hydroxylation is 2. The number of carbonyl (C=O) groups excluding carboxylic acids is 2. The predicted octanol–water partition coefficient (Wildman–Crippen LogP) is 5.37. The topological polar surface area (TPSA) is 67.9 Å². The number of halogens is 1. The van der Waals surface area contributed by atoms with Gasteiger partial charge in [0.2, 0.25) is 0 Å². The molecule has 0 fully saturated rings. The zero-order valence-electron chi connectivity index (χ0n) is 18.7. The van der Waals surface area contributed by atoms with Crippen molar-refractivity contribution in [3.05, 3.63) is 88.1 Å². The van der Waals surface area contributed by atoms with Crippen molar-refractivity contribution in [2.45, 2.75) is 13.8 Å². The van der Waals surface area contributed by atoms with E-state index in [1.54, 1.807) is 36.4 Å². The molecular formula is C26H23ClN2O4. The van der Waals surface area contributed by atoms with E-state index >= 15 is 0 Å². The van der Waals surface area contributed by atoms with Crippen LogP contribution in [0.3, 0.4) is 0 Å².